The van der Waals surface area contributed by atoms with E-state index in [0.717, 1.165) is 15.9 Å². The van der Waals surface area contributed by atoms with Crippen molar-refractivity contribution >= 4 is 29.3 Å². The topological polar surface area (TPSA) is 99.0 Å². The van der Waals surface area contributed by atoms with E-state index in [4.69, 9.17) is 4.74 Å². The van der Waals surface area contributed by atoms with Crippen LogP contribution in [-0.2, 0) is 20.9 Å². The highest BCUT2D eigenvalue weighted by Gasteiger charge is 2.19. The van der Waals surface area contributed by atoms with Crippen molar-refractivity contribution in [2.45, 2.75) is 37.1 Å². The van der Waals surface area contributed by atoms with Gasteiger partial charge in [0.15, 0.2) is 12.6 Å². The standard InChI is InChI=1S/C20H19F2N5O3S/c1-12-3-5-14(6-4-12)18-24-26-27(25-18)11-17(28)30-13(2)19(29)23-15-7-9-16(10-8-15)31-20(21)22/h3-10,13,20H,11H2,1-2H3,(H,23,29). The number of anilines is 1. The molecular weight excluding hydrogens is 428 g/mol. The lowest BCUT2D eigenvalue weighted by Crippen LogP contribution is -2.31. The number of ether oxygens (including phenoxy) is 1. The van der Waals surface area contributed by atoms with Crippen LogP contribution in [0, 0.1) is 6.92 Å². The van der Waals surface area contributed by atoms with Crippen molar-refractivity contribution < 1.29 is 23.1 Å². The predicted octanol–water partition coefficient (Wildman–Crippen LogP) is 3.53. The maximum atomic E-state index is 12.3. The second kappa shape index (κ2) is 10.1. The highest BCUT2D eigenvalue weighted by molar-refractivity contribution is 7.99. The van der Waals surface area contributed by atoms with Gasteiger partial charge in [0.1, 0.15) is 0 Å². The van der Waals surface area contributed by atoms with Crippen molar-refractivity contribution in [3.8, 4) is 11.4 Å². The van der Waals surface area contributed by atoms with E-state index >= 15 is 0 Å². The molecule has 1 N–H and O–H groups in total. The Morgan fingerprint density at radius 3 is 2.45 bits per heavy atom. The first-order chi connectivity index (χ1) is 14.8. The number of benzene rings is 2. The van der Waals surface area contributed by atoms with Gasteiger partial charge >= 0.3 is 5.97 Å². The summed E-state index contributed by atoms with van der Waals surface area (Å²) in [5.74, 6) is -3.42. The molecule has 1 amide bonds. The largest absolute Gasteiger partial charge is 0.451 e. The Labute approximate surface area is 181 Å². The Morgan fingerprint density at radius 2 is 1.81 bits per heavy atom. The first-order valence-electron chi connectivity index (χ1n) is 9.20. The first kappa shape index (κ1) is 22.3. The molecule has 0 saturated heterocycles. The van der Waals surface area contributed by atoms with Crippen molar-refractivity contribution in [3.05, 3.63) is 54.1 Å². The molecule has 11 heteroatoms. The van der Waals surface area contributed by atoms with Crippen LogP contribution in [0.2, 0.25) is 0 Å². The van der Waals surface area contributed by atoms with E-state index in [9.17, 15) is 18.4 Å². The molecule has 0 aliphatic rings. The zero-order valence-corrected chi connectivity index (χ0v) is 17.5. The number of nitrogens with one attached hydrogen (secondary N) is 1. The normalized spacial score (nSPS) is 11.9. The molecule has 1 heterocycles. The zero-order chi connectivity index (χ0) is 22.4. The maximum absolute atomic E-state index is 12.3. The minimum absolute atomic E-state index is 0.309. The summed E-state index contributed by atoms with van der Waals surface area (Å²) in [4.78, 5) is 25.8. The van der Waals surface area contributed by atoms with Crippen LogP contribution in [0.1, 0.15) is 12.5 Å². The molecule has 0 fully saturated rings. The number of thioether (sulfide) groups is 1. The Morgan fingerprint density at radius 1 is 1.13 bits per heavy atom. The van der Waals surface area contributed by atoms with Gasteiger partial charge in [-0.15, -0.1) is 10.2 Å². The lowest BCUT2D eigenvalue weighted by Gasteiger charge is -2.13. The summed E-state index contributed by atoms with van der Waals surface area (Å²) in [5, 5.41) is 14.4. The van der Waals surface area contributed by atoms with Crippen LogP contribution >= 0.6 is 11.8 Å². The van der Waals surface area contributed by atoms with E-state index in [-0.39, 0.29) is 6.54 Å². The Kier molecular flexibility index (Phi) is 7.29. The molecule has 0 spiro atoms. The number of amides is 1. The smallest absolute Gasteiger partial charge is 0.330 e. The second-order valence-corrected chi connectivity index (χ2v) is 7.60. The van der Waals surface area contributed by atoms with Crippen molar-refractivity contribution in [2.75, 3.05) is 5.32 Å². The molecule has 1 aromatic heterocycles. The minimum Gasteiger partial charge on any atom is -0.451 e. The molecule has 162 valence electrons. The molecule has 0 aliphatic carbocycles. The fourth-order valence-electron chi connectivity index (χ4n) is 2.50. The summed E-state index contributed by atoms with van der Waals surface area (Å²) < 4.78 is 29.8. The van der Waals surface area contributed by atoms with Gasteiger partial charge in [-0.2, -0.15) is 13.6 Å². The van der Waals surface area contributed by atoms with Crippen LogP contribution in [0.15, 0.2) is 53.4 Å². The van der Waals surface area contributed by atoms with Gasteiger partial charge in [-0.3, -0.25) is 4.79 Å². The lowest BCUT2D eigenvalue weighted by atomic mass is 10.1. The Hall–Kier alpha value is -3.34. The van der Waals surface area contributed by atoms with Crippen LogP contribution in [0.3, 0.4) is 0 Å². The van der Waals surface area contributed by atoms with Gasteiger partial charge in [0, 0.05) is 16.1 Å². The molecule has 2 aromatic carbocycles. The van der Waals surface area contributed by atoms with Gasteiger partial charge in [0.05, 0.1) is 0 Å². The van der Waals surface area contributed by atoms with Crippen LogP contribution in [0.5, 0.6) is 0 Å². The number of aryl methyl sites for hydroxylation is 1. The van der Waals surface area contributed by atoms with E-state index in [1.807, 2.05) is 31.2 Å². The summed E-state index contributed by atoms with van der Waals surface area (Å²) in [6.45, 7) is 3.07. The van der Waals surface area contributed by atoms with E-state index in [1.165, 1.54) is 31.2 Å². The molecule has 1 atom stereocenters. The number of carbonyl (C=O) groups excluding carboxylic acids is 2. The monoisotopic (exact) mass is 447 g/mol. The second-order valence-electron chi connectivity index (χ2n) is 6.53. The molecule has 0 aliphatic heterocycles. The summed E-state index contributed by atoms with van der Waals surface area (Å²) in [7, 11) is 0. The van der Waals surface area contributed by atoms with Gasteiger partial charge in [-0.05, 0) is 43.3 Å². The van der Waals surface area contributed by atoms with Gasteiger partial charge in [0.25, 0.3) is 11.7 Å². The zero-order valence-electron chi connectivity index (χ0n) is 16.7. The summed E-state index contributed by atoms with van der Waals surface area (Å²) >= 11 is 0.408. The van der Waals surface area contributed by atoms with Gasteiger partial charge < -0.3 is 10.1 Å². The molecule has 3 rings (SSSR count). The number of aromatic nitrogens is 4. The quantitative estimate of drug-likeness (QED) is 0.417. The van der Waals surface area contributed by atoms with Gasteiger partial charge in [0.2, 0.25) is 5.82 Å². The number of alkyl halides is 2. The van der Waals surface area contributed by atoms with Crippen molar-refractivity contribution in [3.63, 3.8) is 0 Å². The SMILES string of the molecule is Cc1ccc(-c2nnn(CC(=O)OC(C)C(=O)Nc3ccc(SC(F)F)cc3)n2)cc1. The van der Waals surface area contributed by atoms with Crippen LogP contribution < -0.4 is 5.32 Å². The number of hydrogen-bond acceptors (Lipinski definition) is 7. The highest BCUT2D eigenvalue weighted by Crippen LogP contribution is 2.26. The van der Waals surface area contributed by atoms with E-state index in [0.29, 0.717) is 28.2 Å². The molecular formula is C20H19F2N5O3S. The number of nitrogens with zero attached hydrogens (tertiary/aromatic N) is 4. The number of tetrazole rings is 1. The molecule has 1 unspecified atom stereocenters. The molecule has 0 radical (unpaired) electrons. The third kappa shape index (κ3) is 6.57. The van der Waals surface area contributed by atoms with Crippen LogP contribution in [0.4, 0.5) is 14.5 Å². The van der Waals surface area contributed by atoms with E-state index in [2.05, 4.69) is 20.7 Å². The maximum Gasteiger partial charge on any atom is 0.330 e. The average Bonchev–Trinajstić information content (AvgIpc) is 3.17. The fourth-order valence-corrected chi connectivity index (χ4v) is 2.99. The number of rotatable bonds is 8. The minimum atomic E-state index is -2.52. The van der Waals surface area contributed by atoms with Crippen LogP contribution in [-0.4, -0.2) is 43.9 Å². The van der Waals surface area contributed by atoms with Crippen molar-refractivity contribution in [1.29, 1.82) is 0 Å². The molecule has 0 bridgehead atoms. The lowest BCUT2D eigenvalue weighted by molar-refractivity contribution is -0.154. The average molecular weight is 447 g/mol. The summed E-state index contributed by atoms with van der Waals surface area (Å²) in [5.41, 5.74) is 2.25. The number of carbonyl (C=O) groups is 2. The molecule has 0 saturated carbocycles. The van der Waals surface area contributed by atoms with Crippen molar-refractivity contribution in [1.82, 2.24) is 20.2 Å². The predicted molar refractivity (Wildman–Crippen MR) is 110 cm³/mol. The molecule has 31 heavy (non-hydrogen) atoms. The third-order valence-corrected chi connectivity index (χ3v) is 4.78. The third-order valence-electron chi connectivity index (χ3n) is 4.06. The van der Waals surface area contributed by atoms with E-state index < -0.39 is 23.7 Å². The first-order valence-corrected chi connectivity index (χ1v) is 10.1. The van der Waals surface area contributed by atoms with Gasteiger partial charge in [-0.1, -0.05) is 41.6 Å². The Balaban J connectivity index is 1.51. The Bertz CT molecular complexity index is 1040. The van der Waals surface area contributed by atoms with Gasteiger partial charge in [-0.25, -0.2) is 4.79 Å². The molecule has 8 nitrogen and oxygen atoms in total. The van der Waals surface area contributed by atoms with E-state index in [1.54, 1.807) is 0 Å². The number of halogens is 2. The number of esters is 1. The number of hydrogen-bond donors (Lipinski definition) is 1. The summed E-state index contributed by atoms with van der Waals surface area (Å²) in [6.07, 6.45) is -1.08. The van der Waals surface area contributed by atoms with Crippen molar-refractivity contribution in [2.24, 2.45) is 0 Å². The van der Waals surface area contributed by atoms with Crippen LogP contribution in [0.25, 0.3) is 11.4 Å². The fraction of sp³-hybridized carbons (Fsp3) is 0.250. The summed E-state index contributed by atoms with van der Waals surface area (Å²) in [6, 6.07) is 13.4. The molecule has 3 aromatic rings. The highest BCUT2D eigenvalue weighted by atomic mass is 32.2.